The average molecular weight is 326 g/mol. The summed E-state index contributed by atoms with van der Waals surface area (Å²) in [6, 6.07) is 3.63. The van der Waals surface area contributed by atoms with E-state index in [1.807, 2.05) is 24.5 Å². The molecule has 2 heterocycles. The van der Waals surface area contributed by atoms with Crippen molar-refractivity contribution in [2.45, 2.75) is 65.3 Å². The number of pyridine rings is 2. The molecule has 0 spiro atoms. The van der Waals surface area contributed by atoms with Crippen molar-refractivity contribution in [1.29, 1.82) is 0 Å². The zero-order chi connectivity index (χ0) is 17.1. The van der Waals surface area contributed by atoms with Gasteiger partial charge in [0.2, 0.25) is 5.43 Å². The molecule has 0 bridgehead atoms. The molecule has 0 radical (unpaired) electrons. The largest absolute Gasteiger partial charge is 0.332 e. The van der Waals surface area contributed by atoms with Crippen LogP contribution >= 0.6 is 0 Å². The number of carbonyl (C=O) groups excluding carboxylic acids is 1. The number of ketones is 1. The molecule has 3 rings (SSSR count). The van der Waals surface area contributed by atoms with Crippen molar-refractivity contribution in [3.63, 3.8) is 0 Å². The number of Topliss-reactive ketones (excluding diaryl/α,β-unsaturated/α-hetero) is 1. The summed E-state index contributed by atoms with van der Waals surface area (Å²) in [5.41, 5.74) is 1.70. The van der Waals surface area contributed by atoms with Gasteiger partial charge in [-0.2, -0.15) is 0 Å². The maximum absolute atomic E-state index is 12.7. The second-order valence-electron chi connectivity index (χ2n) is 6.95. The Morgan fingerprint density at radius 1 is 1.25 bits per heavy atom. The number of fused-ring (bicyclic) bond motifs is 1. The average Bonchev–Trinajstić information content (AvgIpc) is 2.61. The fraction of sp³-hybridized carbons (Fsp3) is 0.550. The lowest BCUT2D eigenvalue weighted by Gasteiger charge is -2.21. The number of aryl methyl sites for hydroxylation is 2. The van der Waals surface area contributed by atoms with E-state index in [0.717, 1.165) is 12.1 Å². The molecule has 1 fully saturated rings. The van der Waals surface area contributed by atoms with E-state index in [1.165, 1.54) is 32.1 Å². The number of nitrogens with zero attached hydrogens (tertiary/aromatic N) is 2. The van der Waals surface area contributed by atoms with Crippen LogP contribution in [0.2, 0.25) is 0 Å². The summed E-state index contributed by atoms with van der Waals surface area (Å²) in [5, 5.41) is 0.547. The summed E-state index contributed by atoms with van der Waals surface area (Å²) in [7, 11) is 0. The molecule has 4 nitrogen and oxygen atoms in total. The molecule has 4 heteroatoms. The van der Waals surface area contributed by atoms with E-state index in [1.54, 1.807) is 12.3 Å². The molecule has 1 aliphatic carbocycles. The molecular weight excluding hydrogens is 300 g/mol. The molecule has 0 N–H and O–H groups in total. The van der Waals surface area contributed by atoms with Crippen LogP contribution in [-0.2, 0) is 6.54 Å². The molecule has 2 aromatic rings. The summed E-state index contributed by atoms with van der Waals surface area (Å²) >= 11 is 0. The standard InChI is InChI=1S/C20H26N2O2/c1-3-22-13-17(18(23)12-10-15-7-5-4-6-8-15)19(24)16-11-9-14(2)21-20(16)22/h9,11,13,15H,3-8,10,12H2,1-2H3. The van der Waals surface area contributed by atoms with Gasteiger partial charge in [0.15, 0.2) is 5.78 Å². The Hall–Kier alpha value is -1.97. The van der Waals surface area contributed by atoms with Crippen LogP contribution in [0.4, 0.5) is 0 Å². The van der Waals surface area contributed by atoms with Crippen molar-refractivity contribution in [2.75, 3.05) is 0 Å². The highest BCUT2D eigenvalue weighted by molar-refractivity contribution is 5.98. The third kappa shape index (κ3) is 3.42. The van der Waals surface area contributed by atoms with Crippen LogP contribution in [-0.4, -0.2) is 15.3 Å². The summed E-state index contributed by atoms with van der Waals surface area (Å²) < 4.78 is 1.91. The Bertz CT molecular complexity index is 801. The molecule has 1 saturated carbocycles. The summed E-state index contributed by atoms with van der Waals surface area (Å²) in [4.78, 5) is 29.9. The Morgan fingerprint density at radius 3 is 2.71 bits per heavy atom. The van der Waals surface area contributed by atoms with Crippen LogP contribution in [0, 0.1) is 12.8 Å². The third-order valence-electron chi connectivity index (χ3n) is 5.21. The molecule has 0 amide bonds. The van der Waals surface area contributed by atoms with Gasteiger partial charge < -0.3 is 4.57 Å². The summed E-state index contributed by atoms with van der Waals surface area (Å²) in [6.45, 7) is 4.60. The van der Waals surface area contributed by atoms with Gasteiger partial charge >= 0.3 is 0 Å². The predicted molar refractivity (Wildman–Crippen MR) is 96.6 cm³/mol. The molecule has 1 aliphatic rings. The summed E-state index contributed by atoms with van der Waals surface area (Å²) in [5.74, 6) is 0.635. The highest BCUT2D eigenvalue weighted by atomic mass is 16.1. The molecule has 24 heavy (non-hydrogen) atoms. The van der Waals surface area contributed by atoms with Crippen molar-refractivity contribution in [3.05, 3.63) is 39.8 Å². The van der Waals surface area contributed by atoms with Crippen molar-refractivity contribution >= 4 is 16.8 Å². The third-order valence-corrected chi connectivity index (χ3v) is 5.21. The zero-order valence-corrected chi connectivity index (χ0v) is 14.7. The van der Waals surface area contributed by atoms with Crippen LogP contribution in [0.3, 0.4) is 0 Å². The van der Waals surface area contributed by atoms with Gasteiger partial charge in [-0.05, 0) is 38.3 Å². The maximum Gasteiger partial charge on any atom is 0.201 e. The molecule has 0 atom stereocenters. The minimum Gasteiger partial charge on any atom is -0.332 e. The fourth-order valence-corrected chi connectivity index (χ4v) is 3.75. The summed E-state index contributed by atoms with van der Waals surface area (Å²) in [6.07, 6.45) is 9.44. The van der Waals surface area contributed by atoms with Crippen LogP contribution in [0.25, 0.3) is 11.0 Å². The first-order chi connectivity index (χ1) is 11.6. The molecule has 128 valence electrons. The van der Waals surface area contributed by atoms with Gasteiger partial charge in [-0.25, -0.2) is 4.98 Å². The van der Waals surface area contributed by atoms with Crippen LogP contribution in [0.1, 0.15) is 67.9 Å². The van der Waals surface area contributed by atoms with E-state index < -0.39 is 0 Å². The lowest BCUT2D eigenvalue weighted by Crippen LogP contribution is -2.20. The topological polar surface area (TPSA) is 52.0 Å². The van der Waals surface area contributed by atoms with Gasteiger partial charge in [-0.1, -0.05) is 32.1 Å². The molecule has 0 aromatic carbocycles. The van der Waals surface area contributed by atoms with Gasteiger partial charge in [-0.3, -0.25) is 9.59 Å². The molecule has 2 aromatic heterocycles. The normalized spacial score (nSPS) is 15.8. The highest BCUT2D eigenvalue weighted by Crippen LogP contribution is 2.27. The van der Waals surface area contributed by atoms with Crippen LogP contribution in [0.5, 0.6) is 0 Å². The van der Waals surface area contributed by atoms with E-state index >= 15 is 0 Å². The Labute approximate surface area is 142 Å². The molecule has 0 unspecified atom stereocenters. The lowest BCUT2D eigenvalue weighted by atomic mass is 9.85. The van der Waals surface area contributed by atoms with Crippen molar-refractivity contribution in [3.8, 4) is 0 Å². The fourth-order valence-electron chi connectivity index (χ4n) is 3.75. The number of rotatable bonds is 5. The van der Waals surface area contributed by atoms with E-state index in [4.69, 9.17) is 0 Å². The number of carbonyl (C=O) groups is 1. The first kappa shape index (κ1) is 16.9. The predicted octanol–water partition coefficient (Wildman–Crippen LogP) is 4.27. The number of hydrogen-bond donors (Lipinski definition) is 0. The number of aromatic nitrogens is 2. The Kier molecular flexibility index (Phi) is 5.12. The Balaban J connectivity index is 1.88. The van der Waals surface area contributed by atoms with Crippen molar-refractivity contribution in [1.82, 2.24) is 9.55 Å². The maximum atomic E-state index is 12.7. The molecule has 0 aliphatic heterocycles. The molecule has 0 saturated heterocycles. The molecular formula is C20H26N2O2. The highest BCUT2D eigenvalue weighted by Gasteiger charge is 2.19. The van der Waals surface area contributed by atoms with Crippen molar-refractivity contribution < 1.29 is 4.79 Å². The van der Waals surface area contributed by atoms with Crippen molar-refractivity contribution in [2.24, 2.45) is 5.92 Å². The quantitative estimate of drug-likeness (QED) is 0.771. The Morgan fingerprint density at radius 2 is 2.00 bits per heavy atom. The van der Waals surface area contributed by atoms with E-state index in [-0.39, 0.29) is 11.2 Å². The van der Waals surface area contributed by atoms with Crippen LogP contribution < -0.4 is 5.43 Å². The SMILES string of the molecule is CCn1cc(C(=O)CCC2CCCCC2)c(=O)c2ccc(C)nc21. The van der Waals surface area contributed by atoms with Crippen LogP contribution in [0.15, 0.2) is 23.1 Å². The van der Waals surface area contributed by atoms with Gasteiger partial charge in [0.1, 0.15) is 5.65 Å². The minimum absolute atomic E-state index is 0.0183. The van der Waals surface area contributed by atoms with Gasteiger partial charge in [-0.15, -0.1) is 0 Å². The second-order valence-corrected chi connectivity index (χ2v) is 6.95. The monoisotopic (exact) mass is 326 g/mol. The van der Waals surface area contributed by atoms with Gasteiger partial charge in [0, 0.05) is 24.9 Å². The minimum atomic E-state index is -0.171. The zero-order valence-electron chi connectivity index (χ0n) is 14.7. The van der Waals surface area contributed by atoms with Gasteiger partial charge in [0.25, 0.3) is 0 Å². The van der Waals surface area contributed by atoms with E-state index in [2.05, 4.69) is 4.98 Å². The van der Waals surface area contributed by atoms with Gasteiger partial charge in [0.05, 0.1) is 10.9 Å². The van der Waals surface area contributed by atoms with E-state index in [9.17, 15) is 9.59 Å². The number of hydrogen-bond acceptors (Lipinski definition) is 3. The first-order valence-electron chi connectivity index (χ1n) is 9.14. The lowest BCUT2D eigenvalue weighted by molar-refractivity contribution is 0.0968. The smallest absolute Gasteiger partial charge is 0.201 e. The first-order valence-corrected chi connectivity index (χ1v) is 9.14. The van der Waals surface area contributed by atoms with E-state index in [0.29, 0.717) is 35.5 Å². The second kappa shape index (κ2) is 7.29.